The summed E-state index contributed by atoms with van der Waals surface area (Å²) in [5, 5.41) is 2.47. The summed E-state index contributed by atoms with van der Waals surface area (Å²) in [6.45, 7) is 0.159. The zero-order valence-electron chi connectivity index (χ0n) is 11.4. The first-order valence-corrected chi connectivity index (χ1v) is 7.50. The summed E-state index contributed by atoms with van der Waals surface area (Å²) < 4.78 is 9.76. The molecule has 0 aliphatic carbocycles. The minimum Gasteiger partial charge on any atom is -0.463 e. The first-order valence-electron chi connectivity index (χ1n) is 6.43. The Hall–Kier alpha value is -1.46. The Morgan fingerprint density at radius 1 is 1.05 bits per heavy atom. The standard InChI is InChI=1S/C14H17Cl2NO4/c15-6-8-20-13(18)12(17-14(19)21-9-7-16)10-11-4-2-1-3-5-11/h1-5,12H,6-10H2,(H,17,19). The van der Waals surface area contributed by atoms with Crippen molar-refractivity contribution in [1.29, 1.82) is 0 Å². The first kappa shape index (κ1) is 17.6. The monoisotopic (exact) mass is 333 g/mol. The molecule has 1 unspecified atom stereocenters. The fourth-order valence-corrected chi connectivity index (χ4v) is 1.75. The van der Waals surface area contributed by atoms with Gasteiger partial charge in [-0.1, -0.05) is 30.3 Å². The number of hydrogen-bond donors (Lipinski definition) is 1. The van der Waals surface area contributed by atoms with Crippen molar-refractivity contribution in [3.63, 3.8) is 0 Å². The molecule has 1 amide bonds. The van der Waals surface area contributed by atoms with Crippen LogP contribution in [0.1, 0.15) is 5.56 Å². The van der Waals surface area contributed by atoms with Crippen molar-refractivity contribution in [3.05, 3.63) is 35.9 Å². The smallest absolute Gasteiger partial charge is 0.407 e. The first-order chi connectivity index (χ1) is 10.2. The van der Waals surface area contributed by atoms with Gasteiger partial charge in [-0.25, -0.2) is 9.59 Å². The van der Waals surface area contributed by atoms with E-state index in [1.165, 1.54) is 0 Å². The zero-order valence-corrected chi connectivity index (χ0v) is 12.9. The second kappa shape index (κ2) is 10.3. The van der Waals surface area contributed by atoms with Crippen molar-refractivity contribution in [3.8, 4) is 0 Å². The van der Waals surface area contributed by atoms with Crippen LogP contribution >= 0.6 is 23.2 Å². The van der Waals surface area contributed by atoms with Gasteiger partial charge in [0.05, 0.1) is 11.8 Å². The average molecular weight is 334 g/mol. The molecule has 0 saturated heterocycles. The number of rotatable bonds is 8. The molecule has 1 N–H and O–H groups in total. The minimum absolute atomic E-state index is 0.0716. The molecule has 0 aromatic heterocycles. The Balaban J connectivity index is 2.65. The Morgan fingerprint density at radius 2 is 1.67 bits per heavy atom. The van der Waals surface area contributed by atoms with Crippen molar-refractivity contribution in [2.24, 2.45) is 0 Å². The van der Waals surface area contributed by atoms with Gasteiger partial charge in [-0.05, 0) is 5.56 Å². The fourth-order valence-electron chi connectivity index (χ4n) is 1.60. The van der Waals surface area contributed by atoms with Crippen molar-refractivity contribution in [2.45, 2.75) is 12.5 Å². The highest BCUT2D eigenvalue weighted by atomic mass is 35.5. The maximum atomic E-state index is 11.9. The third kappa shape index (κ3) is 7.20. The van der Waals surface area contributed by atoms with Crippen LogP contribution in [0.5, 0.6) is 0 Å². The largest absolute Gasteiger partial charge is 0.463 e. The van der Waals surface area contributed by atoms with Crippen LogP contribution in [0.4, 0.5) is 4.79 Å². The third-order valence-electron chi connectivity index (χ3n) is 2.49. The highest BCUT2D eigenvalue weighted by Gasteiger charge is 2.23. The van der Waals surface area contributed by atoms with E-state index in [0.717, 1.165) is 5.56 Å². The topological polar surface area (TPSA) is 64.6 Å². The Kier molecular flexibility index (Phi) is 8.62. The van der Waals surface area contributed by atoms with Crippen molar-refractivity contribution < 1.29 is 19.1 Å². The number of nitrogens with one attached hydrogen (secondary N) is 1. The average Bonchev–Trinajstić information content (AvgIpc) is 2.51. The lowest BCUT2D eigenvalue weighted by Crippen LogP contribution is -2.44. The summed E-state index contributed by atoms with van der Waals surface area (Å²) in [6.07, 6.45) is -0.405. The van der Waals surface area contributed by atoms with E-state index in [-0.39, 0.29) is 25.0 Å². The number of alkyl halides is 2. The molecular weight excluding hydrogens is 317 g/mol. The normalized spacial score (nSPS) is 11.5. The van der Waals surface area contributed by atoms with Gasteiger partial charge in [-0.15, -0.1) is 23.2 Å². The van der Waals surface area contributed by atoms with E-state index in [1.54, 1.807) is 0 Å². The Labute approximate surface area is 133 Å². The molecule has 1 atom stereocenters. The Morgan fingerprint density at radius 3 is 2.29 bits per heavy atom. The zero-order chi connectivity index (χ0) is 15.5. The second-order valence-corrected chi connectivity index (χ2v) is 4.82. The van der Waals surface area contributed by atoms with Crippen molar-refractivity contribution in [2.75, 3.05) is 25.0 Å². The second-order valence-electron chi connectivity index (χ2n) is 4.07. The molecule has 116 valence electrons. The SMILES string of the molecule is O=C(NC(Cc1ccccc1)C(=O)OCCCl)OCCCl. The number of halogens is 2. The van der Waals surface area contributed by atoms with Gasteiger partial charge in [0.15, 0.2) is 0 Å². The minimum atomic E-state index is -0.835. The van der Waals surface area contributed by atoms with Gasteiger partial charge in [-0.3, -0.25) is 0 Å². The highest BCUT2D eigenvalue weighted by Crippen LogP contribution is 2.05. The van der Waals surface area contributed by atoms with Crippen LogP contribution in [0.3, 0.4) is 0 Å². The molecular formula is C14H17Cl2NO4. The molecule has 1 aromatic carbocycles. The van der Waals surface area contributed by atoms with Crippen LogP contribution in [0.25, 0.3) is 0 Å². The van der Waals surface area contributed by atoms with E-state index < -0.39 is 18.1 Å². The number of carbonyl (C=O) groups is 2. The molecule has 0 radical (unpaired) electrons. The maximum absolute atomic E-state index is 11.9. The predicted octanol–water partition coefficient (Wildman–Crippen LogP) is 2.34. The predicted molar refractivity (Wildman–Crippen MR) is 80.8 cm³/mol. The molecule has 0 aliphatic rings. The van der Waals surface area contributed by atoms with Gasteiger partial charge >= 0.3 is 12.1 Å². The fraction of sp³-hybridized carbons (Fsp3) is 0.429. The van der Waals surface area contributed by atoms with Crippen LogP contribution in [-0.2, 0) is 20.7 Å². The molecule has 7 heteroatoms. The maximum Gasteiger partial charge on any atom is 0.407 e. The van der Waals surface area contributed by atoms with Crippen LogP contribution in [-0.4, -0.2) is 43.1 Å². The van der Waals surface area contributed by atoms with Gasteiger partial charge in [0.1, 0.15) is 19.3 Å². The van der Waals surface area contributed by atoms with E-state index in [2.05, 4.69) is 5.32 Å². The molecule has 0 bridgehead atoms. The number of amides is 1. The summed E-state index contributed by atoms with van der Waals surface area (Å²) >= 11 is 10.9. The lowest BCUT2D eigenvalue weighted by Gasteiger charge is -2.17. The van der Waals surface area contributed by atoms with Gasteiger partial charge in [-0.2, -0.15) is 0 Å². The van der Waals surface area contributed by atoms with Gasteiger partial charge < -0.3 is 14.8 Å². The number of ether oxygens (including phenoxy) is 2. The summed E-state index contributed by atoms with van der Waals surface area (Å²) in [7, 11) is 0. The molecule has 0 fully saturated rings. The summed E-state index contributed by atoms with van der Waals surface area (Å²) in [5.74, 6) is -0.171. The number of carbonyl (C=O) groups excluding carboxylic acids is 2. The van der Waals surface area contributed by atoms with Crippen LogP contribution in [0.2, 0.25) is 0 Å². The molecule has 21 heavy (non-hydrogen) atoms. The van der Waals surface area contributed by atoms with Crippen LogP contribution < -0.4 is 5.32 Å². The van der Waals surface area contributed by atoms with Gasteiger partial charge in [0.2, 0.25) is 0 Å². The lowest BCUT2D eigenvalue weighted by molar-refractivity contribution is -0.145. The van der Waals surface area contributed by atoms with E-state index in [4.69, 9.17) is 32.7 Å². The molecule has 0 aliphatic heterocycles. The number of hydrogen-bond acceptors (Lipinski definition) is 4. The summed E-state index contributed by atoms with van der Waals surface area (Å²) in [4.78, 5) is 23.5. The van der Waals surface area contributed by atoms with E-state index in [9.17, 15) is 9.59 Å². The van der Waals surface area contributed by atoms with Gasteiger partial charge in [0, 0.05) is 6.42 Å². The molecule has 1 aromatic rings. The van der Waals surface area contributed by atoms with Gasteiger partial charge in [0.25, 0.3) is 0 Å². The third-order valence-corrected chi connectivity index (χ3v) is 2.80. The molecule has 0 saturated carbocycles. The van der Waals surface area contributed by atoms with E-state index >= 15 is 0 Å². The van der Waals surface area contributed by atoms with Crippen molar-refractivity contribution in [1.82, 2.24) is 5.32 Å². The molecule has 5 nitrogen and oxygen atoms in total. The van der Waals surface area contributed by atoms with E-state index in [0.29, 0.717) is 6.42 Å². The summed E-state index contributed by atoms with van der Waals surface area (Å²) in [5.41, 5.74) is 0.892. The van der Waals surface area contributed by atoms with Crippen LogP contribution in [0.15, 0.2) is 30.3 Å². The van der Waals surface area contributed by atoms with Crippen LogP contribution in [0, 0.1) is 0 Å². The number of benzene rings is 1. The van der Waals surface area contributed by atoms with E-state index in [1.807, 2.05) is 30.3 Å². The number of esters is 1. The highest BCUT2D eigenvalue weighted by molar-refractivity contribution is 6.18. The quantitative estimate of drug-likeness (QED) is 0.585. The molecule has 0 heterocycles. The lowest BCUT2D eigenvalue weighted by atomic mass is 10.1. The molecule has 1 rings (SSSR count). The Bertz CT molecular complexity index is 442. The molecule has 0 spiro atoms. The van der Waals surface area contributed by atoms with Crippen molar-refractivity contribution >= 4 is 35.3 Å². The summed E-state index contributed by atoms with van der Waals surface area (Å²) in [6, 6.07) is 8.44. The number of alkyl carbamates (subject to hydrolysis) is 1.